The van der Waals surface area contributed by atoms with Gasteiger partial charge in [-0.15, -0.1) is 0 Å². The van der Waals surface area contributed by atoms with Crippen LogP contribution in [0.2, 0.25) is 0 Å². The molecule has 1 aromatic rings. The second kappa shape index (κ2) is 3.75. The first kappa shape index (κ1) is 10.1. The fraction of sp³-hybridized carbons (Fsp3) is 0.538. The van der Waals surface area contributed by atoms with E-state index in [1.165, 1.54) is 11.1 Å². The summed E-state index contributed by atoms with van der Waals surface area (Å²) in [5.41, 5.74) is 2.54. The number of hydrogen-bond acceptors (Lipinski definition) is 3. The molecular formula is C13H16O3. The summed E-state index contributed by atoms with van der Waals surface area (Å²) in [5, 5.41) is 9.39. The van der Waals surface area contributed by atoms with Gasteiger partial charge in [-0.05, 0) is 23.6 Å². The van der Waals surface area contributed by atoms with Crippen molar-refractivity contribution in [3.05, 3.63) is 29.3 Å². The predicted octanol–water partition coefficient (Wildman–Crippen LogP) is 1.17. The molecule has 16 heavy (non-hydrogen) atoms. The molecule has 3 rings (SSSR count). The van der Waals surface area contributed by atoms with Crippen molar-refractivity contribution in [3.63, 3.8) is 0 Å². The Morgan fingerprint density at radius 3 is 2.88 bits per heavy atom. The molecule has 0 saturated carbocycles. The highest BCUT2D eigenvalue weighted by atomic mass is 16.5. The average molecular weight is 220 g/mol. The molecule has 86 valence electrons. The molecule has 0 spiro atoms. The third-order valence-electron chi connectivity index (χ3n) is 3.48. The van der Waals surface area contributed by atoms with Crippen molar-refractivity contribution < 1.29 is 14.6 Å². The Labute approximate surface area is 95.0 Å². The molecule has 2 aliphatic heterocycles. The molecule has 0 atom stereocenters. The molecule has 0 radical (unpaired) electrons. The molecule has 0 aliphatic carbocycles. The van der Waals surface area contributed by atoms with Gasteiger partial charge >= 0.3 is 0 Å². The van der Waals surface area contributed by atoms with E-state index in [0.717, 1.165) is 25.2 Å². The number of benzene rings is 1. The standard InChI is InChI=1S/C13H16O3/c14-7-13(8-15-9-13)6-10-1-2-12-11(5-10)3-4-16-12/h1-2,5,14H,3-4,6-9H2. The van der Waals surface area contributed by atoms with Crippen LogP contribution in [0.25, 0.3) is 0 Å². The number of aliphatic hydroxyl groups is 1. The summed E-state index contributed by atoms with van der Waals surface area (Å²) in [7, 11) is 0. The lowest BCUT2D eigenvalue weighted by atomic mass is 9.80. The Morgan fingerprint density at radius 2 is 2.19 bits per heavy atom. The molecule has 1 saturated heterocycles. The first-order valence-corrected chi connectivity index (χ1v) is 5.75. The van der Waals surface area contributed by atoms with Crippen molar-refractivity contribution in [2.75, 3.05) is 26.4 Å². The van der Waals surface area contributed by atoms with Crippen molar-refractivity contribution in [2.24, 2.45) is 5.41 Å². The number of fused-ring (bicyclic) bond motifs is 1. The lowest BCUT2D eigenvalue weighted by molar-refractivity contribution is -0.136. The van der Waals surface area contributed by atoms with Gasteiger partial charge in [0, 0.05) is 11.8 Å². The van der Waals surface area contributed by atoms with Crippen LogP contribution in [-0.2, 0) is 17.6 Å². The summed E-state index contributed by atoms with van der Waals surface area (Å²) < 4.78 is 10.7. The van der Waals surface area contributed by atoms with Gasteiger partial charge in [-0.1, -0.05) is 12.1 Å². The largest absolute Gasteiger partial charge is 0.493 e. The Hall–Kier alpha value is -1.06. The van der Waals surface area contributed by atoms with Crippen LogP contribution >= 0.6 is 0 Å². The van der Waals surface area contributed by atoms with Crippen molar-refractivity contribution in [1.82, 2.24) is 0 Å². The van der Waals surface area contributed by atoms with E-state index in [9.17, 15) is 5.11 Å². The first-order valence-electron chi connectivity index (χ1n) is 5.75. The highest BCUT2D eigenvalue weighted by Crippen LogP contribution is 2.33. The van der Waals surface area contributed by atoms with E-state index in [-0.39, 0.29) is 12.0 Å². The van der Waals surface area contributed by atoms with Gasteiger partial charge in [-0.2, -0.15) is 0 Å². The summed E-state index contributed by atoms with van der Waals surface area (Å²) in [6, 6.07) is 6.35. The molecule has 0 aromatic heterocycles. The molecule has 0 amide bonds. The maximum absolute atomic E-state index is 9.39. The number of rotatable bonds is 3. The summed E-state index contributed by atoms with van der Waals surface area (Å²) in [5.74, 6) is 1.02. The molecule has 1 fully saturated rings. The van der Waals surface area contributed by atoms with Crippen LogP contribution < -0.4 is 4.74 Å². The normalized spacial score (nSPS) is 21.1. The SMILES string of the molecule is OCC1(Cc2ccc3c(c2)CCO3)COC1. The predicted molar refractivity (Wildman–Crippen MR) is 59.7 cm³/mol. The Bertz CT molecular complexity index is 391. The van der Waals surface area contributed by atoms with Crippen LogP contribution in [0.1, 0.15) is 11.1 Å². The zero-order valence-electron chi connectivity index (χ0n) is 9.24. The molecule has 1 N–H and O–H groups in total. The summed E-state index contributed by atoms with van der Waals surface area (Å²) in [6.07, 6.45) is 1.91. The van der Waals surface area contributed by atoms with Crippen molar-refractivity contribution in [3.8, 4) is 5.75 Å². The van der Waals surface area contributed by atoms with E-state index >= 15 is 0 Å². The van der Waals surface area contributed by atoms with Gasteiger partial charge in [0.2, 0.25) is 0 Å². The van der Waals surface area contributed by atoms with Crippen molar-refractivity contribution >= 4 is 0 Å². The Balaban J connectivity index is 1.80. The minimum absolute atomic E-state index is 0.0340. The van der Waals surface area contributed by atoms with Crippen LogP contribution in [0, 0.1) is 5.41 Å². The minimum Gasteiger partial charge on any atom is -0.493 e. The van der Waals surface area contributed by atoms with E-state index in [4.69, 9.17) is 9.47 Å². The molecule has 3 heteroatoms. The zero-order valence-corrected chi connectivity index (χ0v) is 9.24. The smallest absolute Gasteiger partial charge is 0.122 e. The van der Waals surface area contributed by atoms with Gasteiger partial charge in [-0.3, -0.25) is 0 Å². The van der Waals surface area contributed by atoms with E-state index in [0.29, 0.717) is 13.2 Å². The molecule has 2 heterocycles. The Morgan fingerprint density at radius 1 is 1.31 bits per heavy atom. The molecule has 0 bridgehead atoms. The van der Waals surface area contributed by atoms with E-state index in [2.05, 4.69) is 12.1 Å². The second-order valence-electron chi connectivity index (χ2n) is 4.87. The third-order valence-corrected chi connectivity index (χ3v) is 3.48. The maximum Gasteiger partial charge on any atom is 0.122 e. The molecule has 1 aromatic carbocycles. The topological polar surface area (TPSA) is 38.7 Å². The van der Waals surface area contributed by atoms with Crippen molar-refractivity contribution in [1.29, 1.82) is 0 Å². The van der Waals surface area contributed by atoms with Crippen LogP contribution in [0.5, 0.6) is 5.75 Å². The second-order valence-corrected chi connectivity index (χ2v) is 4.87. The van der Waals surface area contributed by atoms with Gasteiger partial charge in [0.1, 0.15) is 5.75 Å². The van der Waals surface area contributed by atoms with Crippen LogP contribution in [0.4, 0.5) is 0 Å². The number of ether oxygens (including phenoxy) is 2. The molecule has 0 unspecified atom stereocenters. The molecule has 3 nitrogen and oxygen atoms in total. The zero-order chi connectivity index (χ0) is 11.0. The monoisotopic (exact) mass is 220 g/mol. The first-order chi connectivity index (χ1) is 7.81. The fourth-order valence-corrected chi connectivity index (χ4v) is 2.42. The maximum atomic E-state index is 9.39. The van der Waals surface area contributed by atoms with Gasteiger partial charge in [0.15, 0.2) is 0 Å². The van der Waals surface area contributed by atoms with Crippen molar-refractivity contribution in [2.45, 2.75) is 12.8 Å². The average Bonchev–Trinajstić information content (AvgIpc) is 2.70. The highest BCUT2D eigenvalue weighted by Gasteiger charge is 2.38. The highest BCUT2D eigenvalue weighted by molar-refractivity contribution is 5.40. The van der Waals surface area contributed by atoms with E-state index in [1.807, 2.05) is 6.07 Å². The van der Waals surface area contributed by atoms with E-state index in [1.54, 1.807) is 0 Å². The lowest BCUT2D eigenvalue weighted by Gasteiger charge is -2.40. The van der Waals surface area contributed by atoms with Gasteiger partial charge in [0.05, 0.1) is 26.4 Å². The van der Waals surface area contributed by atoms with E-state index < -0.39 is 0 Å². The summed E-state index contributed by atoms with van der Waals surface area (Å²) >= 11 is 0. The van der Waals surface area contributed by atoms with Crippen LogP contribution in [0.15, 0.2) is 18.2 Å². The summed E-state index contributed by atoms with van der Waals surface area (Å²) in [6.45, 7) is 2.36. The number of hydrogen-bond donors (Lipinski definition) is 1. The van der Waals surface area contributed by atoms with Crippen LogP contribution in [-0.4, -0.2) is 31.5 Å². The summed E-state index contributed by atoms with van der Waals surface area (Å²) in [4.78, 5) is 0. The van der Waals surface area contributed by atoms with Crippen LogP contribution in [0.3, 0.4) is 0 Å². The molecular weight excluding hydrogens is 204 g/mol. The minimum atomic E-state index is -0.0340. The Kier molecular flexibility index (Phi) is 2.37. The van der Waals surface area contributed by atoms with Gasteiger partial charge in [0.25, 0.3) is 0 Å². The quantitative estimate of drug-likeness (QED) is 0.831. The molecule has 2 aliphatic rings. The van der Waals surface area contributed by atoms with Gasteiger partial charge in [-0.25, -0.2) is 0 Å². The fourth-order valence-electron chi connectivity index (χ4n) is 2.42. The lowest BCUT2D eigenvalue weighted by Crippen LogP contribution is -2.47. The third kappa shape index (κ3) is 1.60. The number of aliphatic hydroxyl groups excluding tert-OH is 1. The van der Waals surface area contributed by atoms with Gasteiger partial charge < -0.3 is 14.6 Å².